The topological polar surface area (TPSA) is 74.8 Å². The fourth-order valence-electron chi connectivity index (χ4n) is 3.16. The number of aldehydes is 1. The van der Waals surface area contributed by atoms with Crippen molar-refractivity contribution in [3.8, 4) is 5.75 Å². The zero-order valence-corrected chi connectivity index (χ0v) is 15.4. The Balaban J connectivity index is 1.48. The first-order chi connectivity index (χ1) is 13.8. The Labute approximate surface area is 162 Å². The molecule has 0 atom stereocenters. The van der Waals surface area contributed by atoms with Gasteiger partial charge in [0.15, 0.2) is 0 Å². The summed E-state index contributed by atoms with van der Waals surface area (Å²) >= 11 is 0. The van der Waals surface area contributed by atoms with Crippen molar-refractivity contribution in [2.45, 2.75) is 25.9 Å². The van der Waals surface area contributed by atoms with E-state index in [0.29, 0.717) is 32.5 Å². The first-order valence-electron chi connectivity index (χ1n) is 9.27. The number of hydrogen-bond acceptors (Lipinski definition) is 5. The molecule has 0 bridgehead atoms. The molecule has 0 radical (unpaired) electrons. The maximum atomic E-state index is 10.8. The fourth-order valence-corrected chi connectivity index (χ4v) is 3.16. The average Bonchev–Trinajstić information content (AvgIpc) is 3.37. The molecule has 2 heterocycles. The number of benzene rings is 2. The van der Waals surface area contributed by atoms with Crippen molar-refractivity contribution in [3.63, 3.8) is 0 Å². The van der Waals surface area contributed by atoms with Gasteiger partial charge in [-0.1, -0.05) is 29.5 Å². The van der Waals surface area contributed by atoms with E-state index in [1.807, 2.05) is 58.0 Å². The summed E-state index contributed by atoms with van der Waals surface area (Å²) in [6.45, 7) is 1.73. The summed E-state index contributed by atoms with van der Waals surface area (Å²) in [5.74, 6) is 0.802. The highest BCUT2D eigenvalue weighted by molar-refractivity contribution is 5.73. The zero-order chi connectivity index (χ0) is 19.2. The number of hydrogen-bond donors (Lipinski definition) is 0. The van der Waals surface area contributed by atoms with E-state index in [1.54, 1.807) is 6.20 Å². The van der Waals surface area contributed by atoms with Crippen LogP contribution in [0.15, 0.2) is 60.9 Å². The van der Waals surface area contributed by atoms with Crippen LogP contribution in [0, 0.1) is 0 Å². The van der Waals surface area contributed by atoms with Gasteiger partial charge in [-0.25, -0.2) is 4.68 Å². The highest BCUT2D eigenvalue weighted by Gasteiger charge is 2.08. The standard InChI is InChI=1S/C21H21N5O2/c27-13-3-5-18-9-8-17(16-25-11-4-10-22-25)15-21(18)28-14-12-26-20-7-2-1-6-19(20)23-24-26/h1-2,4,6-11,13,15H,3,5,12,14,16H2. The maximum Gasteiger partial charge on any atom is 0.122 e. The quantitative estimate of drug-likeness (QED) is 0.421. The summed E-state index contributed by atoms with van der Waals surface area (Å²) in [6, 6.07) is 15.9. The minimum absolute atomic E-state index is 0.465. The van der Waals surface area contributed by atoms with Crippen molar-refractivity contribution >= 4 is 17.3 Å². The van der Waals surface area contributed by atoms with Gasteiger partial charge in [0.05, 0.1) is 18.6 Å². The monoisotopic (exact) mass is 375 g/mol. The summed E-state index contributed by atoms with van der Waals surface area (Å²) in [4.78, 5) is 10.8. The smallest absolute Gasteiger partial charge is 0.122 e. The molecule has 0 aliphatic rings. The molecule has 0 spiro atoms. The van der Waals surface area contributed by atoms with Gasteiger partial charge < -0.3 is 9.53 Å². The van der Waals surface area contributed by atoms with E-state index < -0.39 is 0 Å². The lowest BCUT2D eigenvalue weighted by Gasteiger charge is -2.13. The van der Waals surface area contributed by atoms with Crippen LogP contribution in [0.1, 0.15) is 17.5 Å². The van der Waals surface area contributed by atoms with E-state index in [9.17, 15) is 4.79 Å². The van der Waals surface area contributed by atoms with Crippen LogP contribution in [-0.2, 0) is 24.3 Å². The fraction of sp³-hybridized carbons (Fsp3) is 0.238. The summed E-state index contributed by atoms with van der Waals surface area (Å²) in [6.07, 6.45) is 5.76. The third-order valence-electron chi connectivity index (χ3n) is 4.55. The molecule has 0 unspecified atom stereocenters. The Morgan fingerprint density at radius 1 is 1.11 bits per heavy atom. The largest absolute Gasteiger partial charge is 0.491 e. The molecule has 0 N–H and O–H groups in total. The van der Waals surface area contributed by atoms with E-state index in [-0.39, 0.29) is 0 Å². The van der Waals surface area contributed by atoms with E-state index in [2.05, 4.69) is 21.5 Å². The molecule has 0 aliphatic heterocycles. The minimum atomic E-state index is 0.465. The molecular weight excluding hydrogens is 354 g/mol. The predicted molar refractivity (Wildman–Crippen MR) is 105 cm³/mol. The van der Waals surface area contributed by atoms with E-state index in [1.165, 1.54) is 0 Å². The molecule has 7 nitrogen and oxygen atoms in total. The first kappa shape index (κ1) is 17.9. The van der Waals surface area contributed by atoms with E-state index >= 15 is 0 Å². The van der Waals surface area contributed by atoms with Gasteiger partial charge in [-0.15, -0.1) is 5.10 Å². The van der Waals surface area contributed by atoms with Crippen LogP contribution < -0.4 is 4.74 Å². The summed E-state index contributed by atoms with van der Waals surface area (Å²) in [5, 5.41) is 12.6. The molecule has 4 rings (SSSR count). The van der Waals surface area contributed by atoms with Crippen LogP contribution in [0.25, 0.3) is 11.0 Å². The highest BCUT2D eigenvalue weighted by atomic mass is 16.5. The maximum absolute atomic E-state index is 10.8. The molecule has 0 aliphatic carbocycles. The minimum Gasteiger partial charge on any atom is -0.491 e. The van der Waals surface area contributed by atoms with Crippen LogP contribution >= 0.6 is 0 Å². The van der Waals surface area contributed by atoms with Crippen LogP contribution in [0.4, 0.5) is 0 Å². The van der Waals surface area contributed by atoms with Crippen molar-refractivity contribution in [1.29, 1.82) is 0 Å². The number of nitrogens with zero attached hydrogens (tertiary/aromatic N) is 5. The van der Waals surface area contributed by atoms with Gasteiger partial charge >= 0.3 is 0 Å². The van der Waals surface area contributed by atoms with Crippen LogP contribution in [0.3, 0.4) is 0 Å². The number of carbonyl (C=O) groups is 1. The summed E-state index contributed by atoms with van der Waals surface area (Å²) < 4.78 is 9.79. The molecule has 7 heteroatoms. The Morgan fingerprint density at radius 2 is 2.04 bits per heavy atom. The Hall–Kier alpha value is -3.48. The van der Waals surface area contributed by atoms with Crippen molar-refractivity contribution < 1.29 is 9.53 Å². The van der Waals surface area contributed by atoms with Crippen LogP contribution in [0.2, 0.25) is 0 Å². The third-order valence-corrected chi connectivity index (χ3v) is 4.55. The molecule has 0 saturated carbocycles. The molecule has 4 aromatic rings. The SMILES string of the molecule is O=CCCc1ccc(Cn2cccn2)cc1OCCn1nnc2ccccc21. The lowest BCUT2D eigenvalue weighted by atomic mass is 10.1. The van der Waals surface area contributed by atoms with E-state index in [0.717, 1.165) is 34.2 Å². The molecular formula is C21H21N5O2. The van der Waals surface area contributed by atoms with Crippen molar-refractivity contribution in [2.75, 3.05) is 6.61 Å². The molecule has 0 amide bonds. The van der Waals surface area contributed by atoms with Gasteiger partial charge in [-0.3, -0.25) is 4.68 Å². The van der Waals surface area contributed by atoms with Gasteiger partial charge in [0.2, 0.25) is 0 Å². The van der Waals surface area contributed by atoms with Gasteiger partial charge in [0.1, 0.15) is 24.2 Å². The van der Waals surface area contributed by atoms with Crippen molar-refractivity contribution in [1.82, 2.24) is 24.8 Å². The van der Waals surface area contributed by atoms with Gasteiger partial charge in [0, 0.05) is 18.8 Å². The van der Waals surface area contributed by atoms with Gasteiger partial charge in [-0.2, -0.15) is 5.10 Å². The second kappa shape index (κ2) is 8.47. The number of aryl methyl sites for hydroxylation is 1. The van der Waals surface area contributed by atoms with Gasteiger partial charge in [-0.05, 0) is 41.8 Å². The zero-order valence-electron chi connectivity index (χ0n) is 15.4. The van der Waals surface area contributed by atoms with E-state index in [4.69, 9.17) is 4.74 Å². The lowest BCUT2D eigenvalue weighted by Crippen LogP contribution is -2.11. The number of fused-ring (bicyclic) bond motifs is 1. The summed E-state index contributed by atoms with van der Waals surface area (Å²) in [5.41, 5.74) is 3.98. The second-order valence-corrected chi connectivity index (χ2v) is 6.50. The second-order valence-electron chi connectivity index (χ2n) is 6.50. The van der Waals surface area contributed by atoms with Crippen molar-refractivity contribution in [3.05, 3.63) is 72.1 Å². The number of ether oxygens (including phenoxy) is 1. The first-order valence-corrected chi connectivity index (χ1v) is 9.27. The lowest BCUT2D eigenvalue weighted by molar-refractivity contribution is -0.107. The third kappa shape index (κ3) is 4.09. The molecule has 142 valence electrons. The highest BCUT2D eigenvalue weighted by Crippen LogP contribution is 2.23. The average molecular weight is 375 g/mol. The van der Waals surface area contributed by atoms with Crippen molar-refractivity contribution in [2.24, 2.45) is 0 Å². The molecule has 0 saturated heterocycles. The Bertz CT molecular complexity index is 1060. The normalized spacial score (nSPS) is 11.0. The molecule has 28 heavy (non-hydrogen) atoms. The molecule has 2 aromatic carbocycles. The van der Waals surface area contributed by atoms with Crippen LogP contribution in [-0.4, -0.2) is 37.7 Å². The number of aromatic nitrogens is 5. The molecule has 2 aromatic heterocycles. The van der Waals surface area contributed by atoms with Crippen LogP contribution in [0.5, 0.6) is 5.75 Å². The number of carbonyl (C=O) groups excluding carboxylic acids is 1. The Kier molecular flexibility index (Phi) is 5.42. The predicted octanol–water partition coefficient (Wildman–Crippen LogP) is 2.89. The molecule has 0 fully saturated rings. The van der Waals surface area contributed by atoms with Gasteiger partial charge in [0.25, 0.3) is 0 Å². The number of rotatable bonds is 9. The number of para-hydroxylation sites is 1. The Morgan fingerprint density at radius 3 is 2.89 bits per heavy atom. The summed E-state index contributed by atoms with van der Waals surface area (Å²) in [7, 11) is 0.